The number of aryl methyl sites for hydroxylation is 1. The molecule has 3 aromatic carbocycles. The normalized spacial score (nSPS) is 17.1. The van der Waals surface area contributed by atoms with Crippen LogP contribution in [0.1, 0.15) is 24.0 Å². The predicted octanol–water partition coefficient (Wildman–Crippen LogP) is 4.55. The lowest BCUT2D eigenvalue weighted by Gasteiger charge is -2.30. The van der Waals surface area contributed by atoms with E-state index in [9.17, 15) is 16.8 Å². The topological polar surface area (TPSA) is 96.5 Å². The molecule has 9 nitrogen and oxygen atoms in total. The molecular weight excluding hydrogens is 587 g/mol. The first-order chi connectivity index (χ1) is 20.5. The van der Waals surface area contributed by atoms with Gasteiger partial charge in [0, 0.05) is 38.8 Å². The zero-order valence-electron chi connectivity index (χ0n) is 25.1. The van der Waals surface area contributed by atoms with Crippen LogP contribution in [0.3, 0.4) is 0 Å². The maximum atomic E-state index is 14.1. The number of nitrogens with zero attached hydrogens (tertiary/aromatic N) is 3. The second-order valence-electron chi connectivity index (χ2n) is 10.7. The van der Waals surface area contributed by atoms with Gasteiger partial charge in [0.15, 0.2) is 0 Å². The van der Waals surface area contributed by atoms with E-state index in [1.54, 1.807) is 30.3 Å². The number of ether oxygens (including phenoxy) is 2. The average Bonchev–Trinajstić information content (AvgIpc) is 2.99. The predicted molar refractivity (Wildman–Crippen MR) is 168 cm³/mol. The van der Waals surface area contributed by atoms with Crippen molar-refractivity contribution in [2.24, 2.45) is 0 Å². The number of hydrogen-bond acceptors (Lipinski definition) is 7. The average molecular weight is 628 g/mol. The van der Waals surface area contributed by atoms with E-state index in [1.165, 1.54) is 35.0 Å². The summed E-state index contributed by atoms with van der Waals surface area (Å²) in [6.45, 7) is 8.49. The van der Waals surface area contributed by atoms with Gasteiger partial charge in [0.05, 0.1) is 19.1 Å². The van der Waals surface area contributed by atoms with E-state index in [1.807, 2.05) is 25.1 Å². The Morgan fingerprint density at radius 3 is 1.93 bits per heavy atom. The van der Waals surface area contributed by atoms with Gasteiger partial charge >= 0.3 is 0 Å². The van der Waals surface area contributed by atoms with E-state index in [4.69, 9.17) is 9.47 Å². The Hall–Kier alpha value is -3.22. The highest BCUT2D eigenvalue weighted by molar-refractivity contribution is 7.89. The smallest absolute Gasteiger partial charge is 0.247 e. The highest BCUT2D eigenvalue weighted by atomic mass is 32.2. The molecule has 0 aliphatic carbocycles. The number of rotatable bonds is 8. The first-order valence-corrected chi connectivity index (χ1v) is 17.1. The second-order valence-corrected chi connectivity index (χ2v) is 14.6. The Morgan fingerprint density at radius 1 is 0.744 bits per heavy atom. The second kappa shape index (κ2) is 14.5. The summed E-state index contributed by atoms with van der Waals surface area (Å²) < 4.78 is 69.2. The van der Waals surface area contributed by atoms with Crippen molar-refractivity contribution in [1.82, 2.24) is 13.5 Å². The summed E-state index contributed by atoms with van der Waals surface area (Å²) in [7, 11) is -4.96. The molecule has 1 fully saturated rings. The van der Waals surface area contributed by atoms with Crippen LogP contribution in [0, 0.1) is 6.92 Å². The molecule has 0 spiro atoms. The molecule has 11 heteroatoms. The third kappa shape index (κ3) is 8.24. The van der Waals surface area contributed by atoms with Gasteiger partial charge in [0.25, 0.3) is 0 Å². The van der Waals surface area contributed by atoms with Crippen molar-refractivity contribution in [2.45, 2.75) is 36.1 Å². The lowest BCUT2D eigenvalue weighted by Crippen LogP contribution is -2.41. The van der Waals surface area contributed by atoms with Crippen LogP contribution < -0.4 is 9.47 Å². The summed E-state index contributed by atoms with van der Waals surface area (Å²) in [4.78, 5) is 2.47. The van der Waals surface area contributed by atoms with Gasteiger partial charge in [-0.2, -0.15) is 8.61 Å². The molecule has 0 unspecified atom stereocenters. The fraction of sp³-hybridized carbons (Fsp3) is 0.375. The lowest BCUT2D eigenvalue weighted by molar-refractivity contribution is 0.238. The van der Waals surface area contributed by atoms with Crippen molar-refractivity contribution >= 4 is 20.0 Å². The first-order valence-electron chi connectivity index (χ1n) is 14.3. The molecule has 1 aliphatic heterocycles. The standard InChI is InChI=1S/C32H41N3O6S2/c1-26-12-15-30(16-13-26)42(36,37)34-20-8-18-33(25-28-10-6-5-7-11-28)19-9-21-35(24-27(2)23-34)43(38,39)32-17-14-29(40-3)22-31(32)41-4/h5-7,10-17,22H,2,8-9,18-21,23-25H2,1,3-4H3. The van der Waals surface area contributed by atoms with Gasteiger partial charge in [0.2, 0.25) is 20.0 Å². The number of benzene rings is 3. The summed E-state index contributed by atoms with van der Waals surface area (Å²) in [5.74, 6) is 0.646. The molecule has 0 N–H and O–H groups in total. The van der Waals surface area contributed by atoms with Gasteiger partial charge < -0.3 is 9.47 Å². The number of methoxy groups -OCH3 is 2. The van der Waals surface area contributed by atoms with E-state index in [-0.39, 0.29) is 41.7 Å². The van der Waals surface area contributed by atoms with Crippen LogP contribution in [-0.4, -0.2) is 83.8 Å². The molecule has 43 heavy (non-hydrogen) atoms. The first kappa shape index (κ1) is 32.7. The van der Waals surface area contributed by atoms with Gasteiger partial charge in [-0.3, -0.25) is 4.90 Å². The van der Waals surface area contributed by atoms with Gasteiger partial charge in [0.1, 0.15) is 16.4 Å². The Kier molecular flexibility index (Phi) is 11.0. The van der Waals surface area contributed by atoms with Gasteiger partial charge in [-0.25, -0.2) is 16.8 Å². The third-order valence-corrected chi connectivity index (χ3v) is 11.2. The fourth-order valence-corrected chi connectivity index (χ4v) is 8.29. The Bertz CT molecular complexity index is 1590. The molecule has 0 bridgehead atoms. The molecule has 1 aliphatic rings. The Labute approximate surface area is 256 Å². The molecular formula is C32H41N3O6S2. The van der Waals surface area contributed by atoms with Gasteiger partial charge in [-0.15, -0.1) is 0 Å². The molecule has 0 atom stereocenters. The van der Waals surface area contributed by atoms with Crippen LogP contribution in [-0.2, 0) is 26.6 Å². The van der Waals surface area contributed by atoms with Crippen molar-refractivity contribution in [3.63, 3.8) is 0 Å². The summed E-state index contributed by atoms with van der Waals surface area (Å²) in [6.07, 6.45) is 1.21. The number of sulfonamides is 2. The third-order valence-electron chi connectivity index (χ3n) is 7.46. The van der Waals surface area contributed by atoms with Crippen molar-refractivity contribution < 1.29 is 26.3 Å². The fourth-order valence-electron chi connectivity index (χ4n) is 5.16. The largest absolute Gasteiger partial charge is 0.497 e. The van der Waals surface area contributed by atoms with Crippen LogP contribution in [0.25, 0.3) is 0 Å². The maximum absolute atomic E-state index is 14.1. The zero-order chi connectivity index (χ0) is 31.0. The van der Waals surface area contributed by atoms with E-state index in [2.05, 4.69) is 23.6 Å². The molecule has 0 amide bonds. The maximum Gasteiger partial charge on any atom is 0.247 e. The van der Waals surface area contributed by atoms with Crippen molar-refractivity contribution in [3.8, 4) is 11.5 Å². The van der Waals surface area contributed by atoms with Crippen LogP contribution in [0.5, 0.6) is 11.5 Å². The highest BCUT2D eigenvalue weighted by Gasteiger charge is 2.31. The van der Waals surface area contributed by atoms with Gasteiger partial charge in [-0.05, 0) is 68.3 Å². The van der Waals surface area contributed by atoms with E-state index in [0.29, 0.717) is 43.8 Å². The van der Waals surface area contributed by atoms with Crippen LogP contribution >= 0.6 is 0 Å². The van der Waals surface area contributed by atoms with E-state index in [0.717, 1.165) is 11.1 Å². The lowest BCUT2D eigenvalue weighted by atomic mass is 10.2. The van der Waals surface area contributed by atoms with Crippen molar-refractivity contribution in [1.29, 1.82) is 0 Å². The van der Waals surface area contributed by atoms with Crippen LogP contribution in [0.4, 0.5) is 0 Å². The summed E-state index contributed by atoms with van der Waals surface area (Å²) in [6, 6.07) is 21.4. The molecule has 3 aromatic rings. The molecule has 0 radical (unpaired) electrons. The van der Waals surface area contributed by atoms with Crippen molar-refractivity contribution in [3.05, 3.63) is 96.1 Å². The minimum atomic E-state index is -4.03. The Morgan fingerprint density at radius 2 is 1.35 bits per heavy atom. The summed E-state index contributed by atoms with van der Waals surface area (Å²) in [5, 5.41) is 0. The molecule has 1 saturated heterocycles. The minimum Gasteiger partial charge on any atom is -0.497 e. The molecule has 4 rings (SSSR count). The zero-order valence-corrected chi connectivity index (χ0v) is 26.7. The minimum absolute atomic E-state index is 0.000657. The summed E-state index contributed by atoms with van der Waals surface area (Å²) >= 11 is 0. The van der Waals surface area contributed by atoms with Crippen molar-refractivity contribution in [2.75, 3.05) is 53.5 Å². The molecule has 1 heterocycles. The van der Waals surface area contributed by atoms with E-state index < -0.39 is 20.0 Å². The highest BCUT2D eigenvalue weighted by Crippen LogP contribution is 2.31. The quantitative estimate of drug-likeness (QED) is 0.338. The SMILES string of the molecule is C=C1CN(S(=O)(=O)c2ccc(C)cc2)CCCN(Cc2ccccc2)CCCN(S(=O)(=O)c2ccc(OC)cc2OC)C1. The number of hydrogen-bond donors (Lipinski definition) is 0. The molecule has 232 valence electrons. The Balaban J connectivity index is 1.67. The van der Waals surface area contributed by atoms with Crippen LogP contribution in [0.15, 0.2) is 94.7 Å². The molecule has 0 aromatic heterocycles. The molecule has 0 saturated carbocycles. The monoisotopic (exact) mass is 627 g/mol. The van der Waals surface area contributed by atoms with Gasteiger partial charge in [-0.1, -0.05) is 54.6 Å². The summed E-state index contributed by atoms with van der Waals surface area (Å²) in [5.41, 5.74) is 2.58. The van der Waals surface area contributed by atoms with Crippen LogP contribution in [0.2, 0.25) is 0 Å². The van der Waals surface area contributed by atoms with E-state index >= 15 is 0 Å².